The fraction of sp³-hybridized carbons (Fsp3) is 0.700. The Labute approximate surface area is 200 Å². The van der Waals surface area contributed by atoms with Crippen molar-refractivity contribution in [3.8, 4) is 0 Å². The maximum atomic E-state index is 9.62. The Hall–Kier alpha value is -0.529. The second-order valence-corrected chi connectivity index (χ2v) is 13.2. The second-order valence-electron chi connectivity index (χ2n) is 6.81. The molecule has 0 amide bonds. The Morgan fingerprint density at radius 3 is 1.42 bits per heavy atom. The van der Waals surface area contributed by atoms with Crippen LogP contribution in [0.2, 0.25) is 0 Å². The molecule has 0 bridgehead atoms. The monoisotopic (exact) mass is 524 g/mol. The van der Waals surface area contributed by atoms with Gasteiger partial charge in [0.2, 0.25) is 0 Å². The lowest BCUT2D eigenvalue weighted by molar-refractivity contribution is 0.0286. The molecule has 192 valence electrons. The Balaban J connectivity index is 4.04. The van der Waals surface area contributed by atoms with Gasteiger partial charge in [-0.1, -0.05) is 18.2 Å². The SMILES string of the molecule is CCO[Si](OCC)(OCC)c1cccc(C(C)O[Si](O)(O)O)c1[Si](OCC)(OCC)OCC. The fourth-order valence-electron chi connectivity index (χ4n) is 3.65. The highest BCUT2D eigenvalue weighted by atomic mass is 28.4. The molecule has 0 fully saturated rings. The smallest absolute Gasteiger partial charge is 0.370 e. The minimum Gasteiger partial charge on any atom is -0.370 e. The average Bonchev–Trinajstić information content (AvgIpc) is 2.73. The van der Waals surface area contributed by atoms with Crippen LogP contribution in [0.4, 0.5) is 0 Å². The fourth-order valence-corrected chi connectivity index (χ4v) is 10.7. The average molecular weight is 525 g/mol. The summed E-state index contributed by atoms with van der Waals surface area (Å²) in [5.41, 5.74) is 0.500. The van der Waals surface area contributed by atoms with Crippen molar-refractivity contribution >= 4 is 37.0 Å². The molecule has 1 aromatic carbocycles. The third-order valence-electron chi connectivity index (χ3n) is 4.51. The Kier molecular flexibility index (Phi) is 13.1. The molecule has 0 saturated heterocycles. The quantitative estimate of drug-likeness (QED) is 0.251. The van der Waals surface area contributed by atoms with Crippen molar-refractivity contribution in [3.63, 3.8) is 0 Å². The Morgan fingerprint density at radius 2 is 1.06 bits per heavy atom. The lowest BCUT2D eigenvalue weighted by atomic mass is 10.1. The molecule has 1 rings (SSSR count). The molecular weight excluding hydrogens is 484 g/mol. The maximum absolute atomic E-state index is 9.62. The summed E-state index contributed by atoms with van der Waals surface area (Å²) in [6.45, 7) is 14.6. The zero-order chi connectivity index (χ0) is 25.1. The second kappa shape index (κ2) is 14.1. The predicted octanol–water partition coefficient (Wildman–Crippen LogP) is 0.688. The van der Waals surface area contributed by atoms with Gasteiger partial charge in [0.15, 0.2) is 0 Å². The maximum Gasteiger partial charge on any atom is 0.671 e. The van der Waals surface area contributed by atoms with Crippen molar-refractivity contribution in [1.82, 2.24) is 0 Å². The largest absolute Gasteiger partial charge is 0.671 e. The van der Waals surface area contributed by atoms with E-state index in [0.717, 1.165) is 0 Å². The van der Waals surface area contributed by atoms with Crippen LogP contribution in [0.1, 0.15) is 60.1 Å². The first-order valence-electron chi connectivity index (χ1n) is 11.4. The minimum atomic E-state index is -4.84. The molecule has 0 aliphatic carbocycles. The van der Waals surface area contributed by atoms with Gasteiger partial charge in [-0.3, -0.25) is 0 Å². The highest BCUT2D eigenvalue weighted by Crippen LogP contribution is 2.24. The van der Waals surface area contributed by atoms with Crippen LogP contribution in [-0.2, 0) is 31.0 Å². The van der Waals surface area contributed by atoms with Crippen molar-refractivity contribution in [2.45, 2.75) is 54.6 Å². The number of hydrogen-bond acceptors (Lipinski definition) is 10. The third-order valence-corrected chi connectivity index (χ3v) is 11.7. The molecule has 0 aliphatic rings. The van der Waals surface area contributed by atoms with Gasteiger partial charge in [-0.15, -0.1) is 0 Å². The zero-order valence-corrected chi connectivity index (χ0v) is 23.8. The molecule has 1 unspecified atom stereocenters. The molecule has 0 saturated carbocycles. The number of rotatable bonds is 17. The summed E-state index contributed by atoms with van der Waals surface area (Å²) >= 11 is 0. The Bertz CT molecular complexity index is 667. The topological polar surface area (TPSA) is 125 Å². The van der Waals surface area contributed by atoms with Gasteiger partial charge in [-0.25, -0.2) is 0 Å². The molecular formula is C20H40O10Si3. The van der Waals surface area contributed by atoms with Crippen LogP contribution < -0.4 is 10.4 Å². The first-order valence-corrected chi connectivity index (χ1v) is 16.6. The molecule has 0 radical (unpaired) electrons. The van der Waals surface area contributed by atoms with Crippen LogP contribution in [0.15, 0.2) is 18.2 Å². The van der Waals surface area contributed by atoms with Gasteiger partial charge in [0.05, 0.1) is 6.10 Å². The standard InChI is InChI=1S/C20H40O10Si3/c1-8-24-31(25-9-2,26-10-3)19-16-14-15-18(17(7)30-33(21,22)23)20(19)32(27-11-4,28-12-5)29-13-6/h14-17,21-23H,8-13H2,1-7H3. The van der Waals surface area contributed by atoms with E-state index < -0.39 is 32.8 Å². The Morgan fingerprint density at radius 1 is 0.667 bits per heavy atom. The van der Waals surface area contributed by atoms with E-state index in [1.807, 2.05) is 47.6 Å². The van der Waals surface area contributed by atoms with Crippen molar-refractivity contribution in [2.75, 3.05) is 39.6 Å². The van der Waals surface area contributed by atoms with Crippen LogP contribution in [0.3, 0.4) is 0 Å². The summed E-state index contributed by atoms with van der Waals surface area (Å²) in [5.74, 6) is 0. The van der Waals surface area contributed by atoms with Crippen LogP contribution in [0, 0.1) is 0 Å². The molecule has 0 aliphatic heterocycles. The van der Waals surface area contributed by atoms with Gasteiger partial charge in [-0.2, -0.15) is 0 Å². The summed E-state index contributed by atoms with van der Waals surface area (Å²) in [6.07, 6.45) is -0.934. The lowest BCUT2D eigenvalue weighted by Gasteiger charge is -2.37. The van der Waals surface area contributed by atoms with Gasteiger partial charge in [-0.05, 0) is 54.0 Å². The zero-order valence-electron chi connectivity index (χ0n) is 20.8. The van der Waals surface area contributed by atoms with Crippen LogP contribution in [-0.4, -0.2) is 80.7 Å². The van der Waals surface area contributed by atoms with Crippen LogP contribution >= 0.6 is 0 Å². The van der Waals surface area contributed by atoms with Crippen LogP contribution in [0.25, 0.3) is 0 Å². The summed E-state index contributed by atoms with van der Waals surface area (Å²) in [7, 11) is -11.9. The summed E-state index contributed by atoms with van der Waals surface area (Å²) in [4.78, 5) is 28.8. The highest BCUT2D eigenvalue weighted by Gasteiger charge is 2.55. The summed E-state index contributed by atoms with van der Waals surface area (Å²) in [6, 6.07) is 5.34. The molecule has 1 atom stereocenters. The molecule has 13 heteroatoms. The van der Waals surface area contributed by atoms with E-state index in [2.05, 4.69) is 0 Å². The van der Waals surface area contributed by atoms with E-state index in [1.165, 1.54) is 0 Å². The number of benzene rings is 1. The van der Waals surface area contributed by atoms with Gasteiger partial charge in [0.1, 0.15) is 0 Å². The first kappa shape index (κ1) is 30.5. The van der Waals surface area contributed by atoms with E-state index in [1.54, 1.807) is 19.1 Å². The summed E-state index contributed by atoms with van der Waals surface area (Å²) in [5, 5.41) is 1.13. The molecule has 1 aromatic rings. The van der Waals surface area contributed by atoms with E-state index in [9.17, 15) is 14.4 Å². The van der Waals surface area contributed by atoms with Gasteiger partial charge in [0.25, 0.3) is 0 Å². The summed E-state index contributed by atoms with van der Waals surface area (Å²) < 4.78 is 42.3. The van der Waals surface area contributed by atoms with E-state index in [4.69, 9.17) is 31.0 Å². The van der Waals surface area contributed by atoms with Gasteiger partial charge in [0, 0.05) is 50.0 Å². The van der Waals surface area contributed by atoms with E-state index >= 15 is 0 Å². The molecule has 3 N–H and O–H groups in total. The minimum absolute atomic E-state index is 0.306. The molecule has 0 heterocycles. The molecule has 33 heavy (non-hydrogen) atoms. The predicted molar refractivity (Wildman–Crippen MR) is 129 cm³/mol. The van der Waals surface area contributed by atoms with E-state index in [0.29, 0.717) is 55.6 Å². The molecule has 10 nitrogen and oxygen atoms in total. The number of hydrogen-bond donors (Lipinski definition) is 3. The molecule has 0 spiro atoms. The first-order chi connectivity index (χ1) is 15.6. The lowest BCUT2D eigenvalue weighted by Crippen LogP contribution is -2.71. The van der Waals surface area contributed by atoms with Crippen molar-refractivity contribution in [2.24, 2.45) is 0 Å². The van der Waals surface area contributed by atoms with E-state index in [-0.39, 0.29) is 0 Å². The third kappa shape index (κ3) is 7.99. The highest BCUT2D eigenvalue weighted by molar-refractivity contribution is 6.87. The van der Waals surface area contributed by atoms with Crippen LogP contribution in [0.5, 0.6) is 0 Å². The van der Waals surface area contributed by atoms with Gasteiger partial charge < -0.3 is 45.4 Å². The molecule has 0 aromatic heterocycles. The van der Waals surface area contributed by atoms with Gasteiger partial charge >= 0.3 is 26.7 Å². The van der Waals surface area contributed by atoms with Crippen molar-refractivity contribution < 1.29 is 45.4 Å². The van der Waals surface area contributed by atoms with Crippen molar-refractivity contribution in [1.29, 1.82) is 0 Å². The normalized spacial score (nSPS) is 14.0. The van der Waals surface area contributed by atoms with Crippen molar-refractivity contribution in [3.05, 3.63) is 23.8 Å².